The van der Waals surface area contributed by atoms with Crippen LogP contribution in [-0.2, 0) is 0 Å². The number of halogens is 1. The topological polar surface area (TPSA) is 55.1 Å². The van der Waals surface area contributed by atoms with Gasteiger partial charge < -0.3 is 11.1 Å². The second-order valence-electron chi connectivity index (χ2n) is 5.17. The highest BCUT2D eigenvalue weighted by Crippen LogP contribution is 2.48. The molecular formula is C14H19FN2O. The van der Waals surface area contributed by atoms with Crippen molar-refractivity contribution in [2.45, 2.75) is 32.6 Å². The van der Waals surface area contributed by atoms with Crippen LogP contribution in [0.25, 0.3) is 0 Å². The Morgan fingerprint density at radius 2 is 2.22 bits per heavy atom. The smallest absolute Gasteiger partial charge is 0.251 e. The Labute approximate surface area is 107 Å². The van der Waals surface area contributed by atoms with E-state index in [1.807, 2.05) is 0 Å². The number of amides is 1. The SMILES string of the molecule is CCCC1(CNC(=O)c2ccc(F)c(N)c2)CC1. The van der Waals surface area contributed by atoms with Crippen LogP contribution < -0.4 is 11.1 Å². The molecule has 0 saturated heterocycles. The Bertz CT molecular complexity index is 455. The third-order valence-corrected chi connectivity index (χ3v) is 3.62. The van der Waals surface area contributed by atoms with E-state index in [1.54, 1.807) is 0 Å². The van der Waals surface area contributed by atoms with Crippen LogP contribution >= 0.6 is 0 Å². The van der Waals surface area contributed by atoms with Crippen molar-refractivity contribution in [1.29, 1.82) is 0 Å². The molecule has 4 heteroatoms. The van der Waals surface area contributed by atoms with Gasteiger partial charge in [-0.1, -0.05) is 13.3 Å². The fraction of sp³-hybridized carbons (Fsp3) is 0.500. The normalized spacial score (nSPS) is 16.3. The van der Waals surface area contributed by atoms with Crippen LogP contribution in [0, 0.1) is 11.2 Å². The lowest BCUT2D eigenvalue weighted by molar-refractivity contribution is 0.0943. The van der Waals surface area contributed by atoms with E-state index in [2.05, 4.69) is 12.2 Å². The molecule has 1 amide bonds. The van der Waals surface area contributed by atoms with Crippen molar-refractivity contribution in [1.82, 2.24) is 5.32 Å². The standard InChI is InChI=1S/C14H19FN2O/c1-2-5-14(6-7-14)9-17-13(18)10-3-4-11(15)12(16)8-10/h3-4,8H,2,5-7,9,16H2,1H3,(H,17,18). The van der Waals surface area contributed by atoms with Crippen molar-refractivity contribution in [2.24, 2.45) is 5.41 Å². The molecule has 0 aromatic heterocycles. The van der Waals surface area contributed by atoms with Gasteiger partial charge in [0.15, 0.2) is 0 Å². The van der Waals surface area contributed by atoms with Gasteiger partial charge in [0.1, 0.15) is 5.82 Å². The van der Waals surface area contributed by atoms with Crippen molar-refractivity contribution in [2.75, 3.05) is 12.3 Å². The molecule has 0 spiro atoms. The van der Waals surface area contributed by atoms with Crippen LogP contribution in [-0.4, -0.2) is 12.5 Å². The van der Waals surface area contributed by atoms with Gasteiger partial charge >= 0.3 is 0 Å². The zero-order valence-electron chi connectivity index (χ0n) is 10.6. The van der Waals surface area contributed by atoms with Gasteiger partial charge in [0, 0.05) is 12.1 Å². The summed E-state index contributed by atoms with van der Waals surface area (Å²) in [5.41, 5.74) is 6.19. The van der Waals surface area contributed by atoms with Gasteiger partial charge in [-0.05, 0) is 42.9 Å². The minimum atomic E-state index is -0.490. The lowest BCUT2D eigenvalue weighted by Gasteiger charge is -2.15. The van der Waals surface area contributed by atoms with E-state index >= 15 is 0 Å². The Kier molecular flexibility index (Phi) is 3.55. The number of rotatable bonds is 5. The molecule has 3 N–H and O–H groups in total. The molecule has 1 aromatic rings. The molecule has 18 heavy (non-hydrogen) atoms. The monoisotopic (exact) mass is 250 g/mol. The first-order chi connectivity index (χ1) is 8.56. The van der Waals surface area contributed by atoms with E-state index in [-0.39, 0.29) is 11.6 Å². The summed E-state index contributed by atoms with van der Waals surface area (Å²) in [7, 11) is 0. The molecule has 3 nitrogen and oxygen atoms in total. The summed E-state index contributed by atoms with van der Waals surface area (Å²) in [6.07, 6.45) is 4.66. The van der Waals surface area contributed by atoms with Gasteiger partial charge in [-0.3, -0.25) is 4.79 Å². The van der Waals surface area contributed by atoms with E-state index in [0.29, 0.717) is 17.5 Å². The predicted molar refractivity (Wildman–Crippen MR) is 69.7 cm³/mol. The highest BCUT2D eigenvalue weighted by atomic mass is 19.1. The number of carbonyl (C=O) groups excluding carboxylic acids is 1. The lowest BCUT2D eigenvalue weighted by Crippen LogP contribution is -2.30. The van der Waals surface area contributed by atoms with Crippen molar-refractivity contribution in [3.05, 3.63) is 29.6 Å². The fourth-order valence-corrected chi connectivity index (χ4v) is 2.28. The highest BCUT2D eigenvalue weighted by molar-refractivity contribution is 5.95. The lowest BCUT2D eigenvalue weighted by atomic mass is 10.0. The first-order valence-electron chi connectivity index (χ1n) is 6.39. The van der Waals surface area contributed by atoms with Crippen molar-refractivity contribution in [3.63, 3.8) is 0 Å². The molecule has 1 aromatic carbocycles. The number of carbonyl (C=O) groups is 1. The maximum absolute atomic E-state index is 13.0. The largest absolute Gasteiger partial charge is 0.396 e. The zero-order chi connectivity index (χ0) is 13.2. The van der Waals surface area contributed by atoms with E-state index in [4.69, 9.17) is 5.73 Å². The van der Waals surface area contributed by atoms with Gasteiger partial charge in [-0.15, -0.1) is 0 Å². The van der Waals surface area contributed by atoms with Gasteiger partial charge in [0.05, 0.1) is 5.69 Å². The quantitative estimate of drug-likeness (QED) is 0.789. The Balaban J connectivity index is 1.93. The van der Waals surface area contributed by atoms with E-state index < -0.39 is 5.82 Å². The first kappa shape index (κ1) is 12.9. The van der Waals surface area contributed by atoms with Gasteiger partial charge in [-0.25, -0.2) is 4.39 Å². The Morgan fingerprint density at radius 3 is 2.78 bits per heavy atom. The van der Waals surface area contributed by atoms with Crippen LogP contribution in [0.1, 0.15) is 43.0 Å². The van der Waals surface area contributed by atoms with E-state index in [0.717, 1.165) is 12.8 Å². The van der Waals surface area contributed by atoms with Crippen molar-refractivity contribution >= 4 is 11.6 Å². The average Bonchev–Trinajstić information content (AvgIpc) is 3.11. The van der Waals surface area contributed by atoms with Crippen molar-refractivity contribution < 1.29 is 9.18 Å². The average molecular weight is 250 g/mol. The molecule has 0 heterocycles. The summed E-state index contributed by atoms with van der Waals surface area (Å²) in [5.74, 6) is -0.666. The minimum absolute atomic E-state index is 0.0114. The van der Waals surface area contributed by atoms with Crippen molar-refractivity contribution in [3.8, 4) is 0 Å². The second-order valence-corrected chi connectivity index (χ2v) is 5.17. The third kappa shape index (κ3) is 2.81. The number of anilines is 1. The molecule has 1 aliphatic carbocycles. The highest BCUT2D eigenvalue weighted by Gasteiger charge is 2.41. The zero-order valence-corrected chi connectivity index (χ0v) is 10.6. The maximum Gasteiger partial charge on any atom is 0.251 e. The van der Waals surface area contributed by atoms with Crippen LogP contribution in [0.4, 0.5) is 10.1 Å². The molecule has 0 aliphatic heterocycles. The van der Waals surface area contributed by atoms with Crippen LogP contribution in [0.3, 0.4) is 0 Å². The molecular weight excluding hydrogens is 231 g/mol. The number of hydrogen-bond donors (Lipinski definition) is 2. The summed E-state index contributed by atoms with van der Waals surface area (Å²) in [6.45, 7) is 2.86. The van der Waals surface area contributed by atoms with Gasteiger partial charge in [0.2, 0.25) is 0 Å². The number of nitrogens with one attached hydrogen (secondary N) is 1. The van der Waals surface area contributed by atoms with Crippen LogP contribution in [0.2, 0.25) is 0 Å². The number of nitrogen functional groups attached to an aromatic ring is 1. The summed E-state index contributed by atoms with van der Waals surface area (Å²) in [6, 6.07) is 4.06. The molecule has 0 unspecified atom stereocenters. The Hall–Kier alpha value is -1.58. The Morgan fingerprint density at radius 1 is 1.50 bits per heavy atom. The van der Waals surface area contributed by atoms with Gasteiger partial charge in [0.25, 0.3) is 5.91 Å². The molecule has 0 bridgehead atoms. The third-order valence-electron chi connectivity index (χ3n) is 3.62. The fourth-order valence-electron chi connectivity index (χ4n) is 2.28. The summed E-state index contributed by atoms with van der Waals surface area (Å²) >= 11 is 0. The first-order valence-corrected chi connectivity index (χ1v) is 6.39. The number of nitrogens with two attached hydrogens (primary N) is 1. The molecule has 2 rings (SSSR count). The van der Waals surface area contributed by atoms with Gasteiger partial charge in [-0.2, -0.15) is 0 Å². The molecule has 1 saturated carbocycles. The summed E-state index contributed by atoms with van der Waals surface area (Å²) < 4.78 is 13.0. The van der Waals surface area contributed by atoms with Crippen LogP contribution in [0.15, 0.2) is 18.2 Å². The second kappa shape index (κ2) is 4.96. The molecule has 0 atom stereocenters. The molecule has 1 aliphatic rings. The van der Waals surface area contributed by atoms with E-state index in [9.17, 15) is 9.18 Å². The molecule has 98 valence electrons. The number of hydrogen-bond acceptors (Lipinski definition) is 2. The summed E-state index contributed by atoms with van der Waals surface area (Å²) in [5, 5.41) is 2.92. The summed E-state index contributed by atoms with van der Waals surface area (Å²) in [4.78, 5) is 11.9. The van der Waals surface area contributed by atoms with E-state index in [1.165, 1.54) is 31.0 Å². The molecule has 1 fully saturated rings. The molecule has 0 radical (unpaired) electrons. The van der Waals surface area contributed by atoms with Crippen LogP contribution in [0.5, 0.6) is 0 Å². The minimum Gasteiger partial charge on any atom is -0.396 e. The maximum atomic E-state index is 13.0. The predicted octanol–water partition coefficient (Wildman–Crippen LogP) is 2.72. The number of benzene rings is 1.